The number of nitrogens with two attached hydrogens (primary N) is 1. The van der Waals surface area contributed by atoms with Crippen molar-refractivity contribution in [3.8, 4) is 0 Å². The van der Waals surface area contributed by atoms with Crippen LogP contribution >= 0.6 is 12.2 Å². The molecule has 1 aromatic heterocycles. The van der Waals surface area contributed by atoms with Gasteiger partial charge >= 0.3 is 0 Å². The van der Waals surface area contributed by atoms with E-state index in [-0.39, 0.29) is 5.82 Å². The van der Waals surface area contributed by atoms with Gasteiger partial charge in [0.15, 0.2) is 11.6 Å². The zero-order valence-electron chi connectivity index (χ0n) is 11.0. The highest BCUT2D eigenvalue weighted by atomic mass is 32.1. The average Bonchev–Trinajstić information content (AvgIpc) is 2.39. The molecule has 0 spiro atoms. The van der Waals surface area contributed by atoms with Gasteiger partial charge in [-0.25, -0.2) is 14.4 Å². The molecule has 7 heteroatoms. The van der Waals surface area contributed by atoms with Crippen molar-refractivity contribution in [3.05, 3.63) is 17.8 Å². The fraction of sp³-hybridized carbons (Fsp3) is 0.583. The Balaban J connectivity index is 2.03. The second-order valence-electron chi connectivity index (χ2n) is 4.54. The van der Waals surface area contributed by atoms with Crippen LogP contribution in [-0.2, 0) is 6.42 Å². The number of aryl methyl sites for hydroxylation is 1. The van der Waals surface area contributed by atoms with Crippen molar-refractivity contribution < 1.29 is 4.39 Å². The molecule has 0 radical (unpaired) electrons. The summed E-state index contributed by atoms with van der Waals surface area (Å²) in [4.78, 5) is 12.6. The third kappa shape index (κ3) is 3.36. The fourth-order valence-electron chi connectivity index (χ4n) is 2.20. The molecule has 1 aromatic rings. The topological polar surface area (TPSA) is 58.3 Å². The number of aromatic nitrogens is 2. The first kappa shape index (κ1) is 14.1. The summed E-state index contributed by atoms with van der Waals surface area (Å²) in [6, 6.07) is 0. The van der Waals surface area contributed by atoms with Crippen molar-refractivity contribution in [2.45, 2.75) is 13.3 Å². The molecule has 0 saturated carbocycles. The first-order valence-corrected chi connectivity index (χ1v) is 6.77. The molecule has 0 aromatic carbocycles. The van der Waals surface area contributed by atoms with E-state index in [0.717, 1.165) is 26.2 Å². The molecule has 0 bridgehead atoms. The van der Waals surface area contributed by atoms with Crippen LogP contribution in [0.2, 0.25) is 0 Å². The largest absolute Gasteiger partial charge is 0.392 e. The lowest BCUT2D eigenvalue weighted by Crippen LogP contribution is -2.49. The second-order valence-corrected chi connectivity index (χ2v) is 5.07. The van der Waals surface area contributed by atoms with Crippen molar-refractivity contribution in [1.82, 2.24) is 14.9 Å². The van der Waals surface area contributed by atoms with E-state index in [9.17, 15) is 4.39 Å². The SMILES string of the molecule is CCc1ncnc(N2CCN(CC(N)=S)CC2)c1F. The molecule has 0 atom stereocenters. The van der Waals surface area contributed by atoms with Crippen LogP contribution in [0.5, 0.6) is 0 Å². The molecular weight excluding hydrogens is 265 g/mol. The lowest BCUT2D eigenvalue weighted by atomic mass is 10.2. The maximum Gasteiger partial charge on any atom is 0.187 e. The minimum Gasteiger partial charge on any atom is -0.392 e. The van der Waals surface area contributed by atoms with E-state index in [1.165, 1.54) is 6.33 Å². The third-order valence-electron chi connectivity index (χ3n) is 3.23. The predicted octanol–water partition coefficient (Wildman–Crippen LogP) is 0.586. The van der Waals surface area contributed by atoms with E-state index in [1.54, 1.807) is 0 Å². The second kappa shape index (κ2) is 6.21. The van der Waals surface area contributed by atoms with Crippen molar-refractivity contribution in [2.24, 2.45) is 5.73 Å². The zero-order valence-corrected chi connectivity index (χ0v) is 11.8. The maximum atomic E-state index is 14.1. The molecule has 0 aliphatic carbocycles. The molecule has 0 amide bonds. The van der Waals surface area contributed by atoms with E-state index >= 15 is 0 Å². The number of nitrogens with zero attached hydrogens (tertiary/aromatic N) is 4. The first-order valence-electron chi connectivity index (χ1n) is 6.36. The van der Waals surface area contributed by atoms with Crippen LogP contribution in [0.3, 0.4) is 0 Å². The molecule has 0 unspecified atom stereocenters. The Bertz CT molecular complexity index is 459. The summed E-state index contributed by atoms with van der Waals surface area (Å²) in [5.41, 5.74) is 5.99. The summed E-state index contributed by atoms with van der Waals surface area (Å²) < 4.78 is 14.1. The van der Waals surface area contributed by atoms with Gasteiger partial charge in [-0.05, 0) is 6.42 Å². The molecule has 19 heavy (non-hydrogen) atoms. The van der Waals surface area contributed by atoms with Crippen LogP contribution in [0.25, 0.3) is 0 Å². The van der Waals surface area contributed by atoms with E-state index < -0.39 is 0 Å². The Labute approximate surface area is 117 Å². The van der Waals surface area contributed by atoms with Gasteiger partial charge in [-0.1, -0.05) is 19.1 Å². The number of piperazine rings is 1. The first-order chi connectivity index (χ1) is 9.11. The molecule has 2 N–H and O–H groups in total. The van der Waals surface area contributed by atoms with Crippen LogP contribution in [-0.4, -0.2) is 52.6 Å². The van der Waals surface area contributed by atoms with E-state index in [4.69, 9.17) is 18.0 Å². The number of anilines is 1. The van der Waals surface area contributed by atoms with Crippen LogP contribution in [0.15, 0.2) is 6.33 Å². The van der Waals surface area contributed by atoms with Crippen molar-refractivity contribution >= 4 is 23.0 Å². The van der Waals surface area contributed by atoms with Gasteiger partial charge < -0.3 is 10.6 Å². The highest BCUT2D eigenvalue weighted by Crippen LogP contribution is 2.19. The molecular formula is C12H18FN5S. The maximum absolute atomic E-state index is 14.1. The van der Waals surface area contributed by atoms with Crippen LogP contribution < -0.4 is 10.6 Å². The van der Waals surface area contributed by atoms with Gasteiger partial charge in [0.2, 0.25) is 0 Å². The number of rotatable bonds is 4. The van der Waals surface area contributed by atoms with Gasteiger partial charge in [0, 0.05) is 32.7 Å². The highest BCUT2D eigenvalue weighted by molar-refractivity contribution is 7.80. The van der Waals surface area contributed by atoms with Crippen molar-refractivity contribution in [1.29, 1.82) is 0 Å². The smallest absolute Gasteiger partial charge is 0.187 e. The van der Waals surface area contributed by atoms with Crippen molar-refractivity contribution in [3.63, 3.8) is 0 Å². The lowest BCUT2D eigenvalue weighted by Gasteiger charge is -2.35. The summed E-state index contributed by atoms with van der Waals surface area (Å²) in [5, 5.41) is 0. The molecule has 1 aliphatic heterocycles. The van der Waals surface area contributed by atoms with E-state index in [2.05, 4.69) is 14.9 Å². The molecule has 2 heterocycles. The third-order valence-corrected chi connectivity index (χ3v) is 3.36. The number of thiocarbonyl (C=S) groups is 1. The molecule has 2 rings (SSSR count). The summed E-state index contributed by atoms with van der Waals surface area (Å²) in [5.74, 6) is 0.106. The number of hydrogen-bond acceptors (Lipinski definition) is 5. The van der Waals surface area contributed by atoms with E-state index in [0.29, 0.717) is 29.5 Å². The molecule has 104 valence electrons. The molecule has 1 fully saturated rings. The predicted molar refractivity (Wildman–Crippen MR) is 76.8 cm³/mol. The normalized spacial score (nSPS) is 16.6. The van der Waals surface area contributed by atoms with Gasteiger partial charge in [0.25, 0.3) is 0 Å². The summed E-state index contributed by atoms with van der Waals surface area (Å²) in [7, 11) is 0. The van der Waals surface area contributed by atoms with E-state index in [1.807, 2.05) is 11.8 Å². The summed E-state index contributed by atoms with van der Waals surface area (Å²) in [6.07, 6.45) is 2.00. The molecule has 5 nitrogen and oxygen atoms in total. The Kier molecular flexibility index (Phi) is 4.60. The number of hydrogen-bond donors (Lipinski definition) is 1. The zero-order chi connectivity index (χ0) is 13.8. The van der Waals surface area contributed by atoms with Crippen LogP contribution in [0, 0.1) is 5.82 Å². The van der Waals surface area contributed by atoms with Crippen molar-refractivity contribution in [2.75, 3.05) is 37.6 Å². The summed E-state index contributed by atoms with van der Waals surface area (Å²) >= 11 is 4.89. The fourth-order valence-corrected chi connectivity index (χ4v) is 2.38. The Morgan fingerprint density at radius 3 is 2.63 bits per heavy atom. The molecule has 1 aliphatic rings. The minimum atomic E-state index is -0.298. The minimum absolute atomic E-state index is 0.298. The Morgan fingerprint density at radius 1 is 1.37 bits per heavy atom. The van der Waals surface area contributed by atoms with Gasteiger partial charge in [-0.2, -0.15) is 0 Å². The lowest BCUT2D eigenvalue weighted by molar-refractivity contribution is 0.290. The van der Waals surface area contributed by atoms with Gasteiger partial charge in [-0.3, -0.25) is 4.90 Å². The highest BCUT2D eigenvalue weighted by Gasteiger charge is 2.22. The summed E-state index contributed by atoms with van der Waals surface area (Å²) in [6.45, 7) is 5.56. The quantitative estimate of drug-likeness (QED) is 0.816. The van der Waals surface area contributed by atoms with Gasteiger partial charge in [-0.15, -0.1) is 0 Å². The Hall–Kier alpha value is -1.34. The van der Waals surface area contributed by atoms with Crippen LogP contribution in [0.1, 0.15) is 12.6 Å². The van der Waals surface area contributed by atoms with Gasteiger partial charge in [0.05, 0.1) is 10.7 Å². The van der Waals surface area contributed by atoms with Gasteiger partial charge in [0.1, 0.15) is 6.33 Å². The number of halogens is 1. The standard InChI is InChI=1S/C12H18FN5S/c1-2-9-11(13)12(16-8-15-9)18-5-3-17(4-6-18)7-10(14)19/h8H,2-7H2,1H3,(H2,14,19). The monoisotopic (exact) mass is 283 g/mol. The van der Waals surface area contributed by atoms with Crippen LogP contribution in [0.4, 0.5) is 10.2 Å². The average molecular weight is 283 g/mol. The molecule has 1 saturated heterocycles. The Morgan fingerprint density at radius 2 is 2.05 bits per heavy atom.